The number of H-pyrrole nitrogens is 1. The summed E-state index contributed by atoms with van der Waals surface area (Å²) in [5.41, 5.74) is 3.06. The number of hydrogen-bond donors (Lipinski definition) is 2. The van der Waals surface area contributed by atoms with Crippen molar-refractivity contribution in [2.45, 2.75) is 20.4 Å². The average molecular weight is 268 g/mol. The van der Waals surface area contributed by atoms with E-state index in [1.807, 2.05) is 42.9 Å². The van der Waals surface area contributed by atoms with E-state index in [0.29, 0.717) is 6.54 Å². The highest BCUT2D eigenvalue weighted by atomic mass is 15.1. The number of nitrogens with zero attached hydrogens (tertiary/aromatic N) is 4. The van der Waals surface area contributed by atoms with Gasteiger partial charge in [-0.1, -0.05) is 0 Å². The van der Waals surface area contributed by atoms with Crippen molar-refractivity contribution in [2.24, 2.45) is 0 Å². The summed E-state index contributed by atoms with van der Waals surface area (Å²) in [6.07, 6.45) is 7.19. The molecule has 2 N–H and O–H groups in total. The second-order valence-corrected chi connectivity index (χ2v) is 4.58. The van der Waals surface area contributed by atoms with Crippen LogP contribution in [0.15, 0.2) is 37.1 Å². The van der Waals surface area contributed by atoms with Crippen LogP contribution in [0.4, 0.5) is 5.69 Å². The Morgan fingerprint density at radius 1 is 1.20 bits per heavy atom. The lowest BCUT2D eigenvalue weighted by Gasteiger charge is -2.07. The van der Waals surface area contributed by atoms with Crippen molar-refractivity contribution in [2.75, 3.05) is 5.32 Å². The summed E-state index contributed by atoms with van der Waals surface area (Å²) in [5.74, 6) is 1.78. The molecule has 0 aliphatic carbocycles. The normalized spacial score (nSPS) is 10.7. The average Bonchev–Trinajstić information content (AvgIpc) is 3.06. The van der Waals surface area contributed by atoms with Gasteiger partial charge in [0.1, 0.15) is 11.6 Å². The van der Waals surface area contributed by atoms with Gasteiger partial charge in [0.05, 0.1) is 30.5 Å². The van der Waals surface area contributed by atoms with Gasteiger partial charge in [0.25, 0.3) is 0 Å². The first-order chi connectivity index (χ1) is 9.74. The quantitative estimate of drug-likeness (QED) is 0.761. The first-order valence-electron chi connectivity index (χ1n) is 6.43. The van der Waals surface area contributed by atoms with Crippen LogP contribution in [-0.4, -0.2) is 24.5 Å². The van der Waals surface area contributed by atoms with Gasteiger partial charge in [-0.2, -0.15) is 0 Å². The molecule has 102 valence electrons. The molecule has 0 saturated carbocycles. The van der Waals surface area contributed by atoms with Gasteiger partial charge in [0, 0.05) is 18.1 Å². The standard InChI is InChI=1S/C14H16N6/c1-10-13(19-9-18-10)8-16-12-3-4-14(17-7-12)20-6-5-15-11(20)2/h3-7,9,16H,8H2,1-2H3,(H,18,19). The molecular formula is C14H16N6. The molecule has 0 amide bonds. The van der Waals surface area contributed by atoms with Crippen LogP contribution >= 0.6 is 0 Å². The number of nitrogens with one attached hydrogen (secondary N) is 2. The van der Waals surface area contributed by atoms with Crippen LogP contribution in [0.1, 0.15) is 17.2 Å². The topological polar surface area (TPSA) is 71.4 Å². The molecule has 3 rings (SSSR count). The first kappa shape index (κ1) is 12.4. The van der Waals surface area contributed by atoms with E-state index in [0.717, 1.165) is 28.7 Å². The Morgan fingerprint density at radius 3 is 2.70 bits per heavy atom. The van der Waals surface area contributed by atoms with E-state index in [9.17, 15) is 0 Å². The van der Waals surface area contributed by atoms with Crippen LogP contribution in [0.5, 0.6) is 0 Å². The van der Waals surface area contributed by atoms with Crippen molar-refractivity contribution in [1.82, 2.24) is 24.5 Å². The summed E-state index contributed by atoms with van der Waals surface area (Å²) in [6, 6.07) is 3.97. The van der Waals surface area contributed by atoms with Crippen molar-refractivity contribution in [3.05, 3.63) is 54.3 Å². The van der Waals surface area contributed by atoms with E-state index in [1.54, 1.807) is 12.5 Å². The Hall–Kier alpha value is -2.63. The molecule has 6 nitrogen and oxygen atoms in total. The molecule has 0 fully saturated rings. The lowest BCUT2D eigenvalue weighted by atomic mass is 10.3. The zero-order valence-electron chi connectivity index (χ0n) is 11.5. The van der Waals surface area contributed by atoms with Gasteiger partial charge in [-0.05, 0) is 26.0 Å². The number of aromatic amines is 1. The highest BCUT2D eigenvalue weighted by molar-refractivity contribution is 5.44. The molecule has 0 atom stereocenters. The molecule has 0 spiro atoms. The highest BCUT2D eigenvalue weighted by Gasteiger charge is 2.03. The number of imidazole rings is 2. The molecule has 0 bridgehead atoms. The maximum absolute atomic E-state index is 4.44. The third-order valence-electron chi connectivity index (χ3n) is 3.21. The Morgan fingerprint density at radius 2 is 2.10 bits per heavy atom. The van der Waals surface area contributed by atoms with Gasteiger partial charge < -0.3 is 10.3 Å². The van der Waals surface area contributed by atoms with Crippen molar-refractivity contribution >= 4 is 5.69 Å². The zero-order valence-corrected chi connectivity index (χ0v) is 11.5. The first-order valence-corrected chi connectivity index (χ1v) is 6.43. The van der Waals surface area contributed by atoms with Crippen LogP contribution in [0.2, 0.25) is 0 Å². The minimum Gasteiger partial charge on any atom is -0.378 e. The maximum Gasteiger partial charge on any atom is 0.138 e. The van der Waals surface area contributed by atoms with E-state index >= 15 is 0 Å². The Kier molecular flexibility index (Phi) is 3.20. The number of anilines is 1. The minimum atomic E-state index is 0.681. The summed E-state index contributed by atoms with van der Waals surface area (Å²) >= 11 is 0. The Balaban J connectivity index is 1.71. The molecule has 3 aromatic heterocycles. The smallest absolute Gasteiger partial charge is 0.138 e. The highest BCUT2D eigenvalue weighted by Crippen LogP contribution is 2.12. The summed E-state index contributed by atoms with van der Waals surface area (Å²) in [5, 5.41) is 3.31. The van der Waals surface area contributed by atoms with E-state index < -0.39 is 0 Å². The van der Waals surface area contributed by atoms with Gasteiger partial charge >= 0.3 is 0 Å². The van der Waals surface area contributed by atoms with Crippen molar-refractivity contribution < 1.29 is 0 Å². The fraction of sp³-hybridized carbons (Fsp3) is 0.214. The molecule has 0 saturated heterocycles. The van der Waals surface area contributed by atoms with Crippen LogP contribution in [0, 0.1) is 13.8 Å². The van der Waals surface area contributed by atoms with Gasteiger partial charge in [-0.25, -0.2) is 15.0 Å². The summed E-state index contributed by atoms with van der Waals surface area (Å²) in [7, 11) is 0. The summed E-state index contributed by atoms with van der Waals surface area (Å²) in [6.45, 7) is 4.64. The van der Waals surface area contributed by atoms with Crippen molar-refractivity contribution in [3.63, 3.8) is 0 Å². The molecule has 6 heteroatoms. The van der Waals surface area contributed by atoms with Gasteiger partial charge in [-0.15, -0.1) is 0 Å². The molecule has 20 heavy (non-hydrogen) atoms. The van der Waals surface area contributed by atoms with Crippen LogP contribution in [0.3, 0.4) is 0 Å². The minimum absolute atomic E-state index is 0.681. The van der Waals surface area contributed by atoms with Crippen LogP contribution < -0.4 is 5.32 Å². The largest absolute Gasteiger partial charge is 0.378 e. The summed E-state index contributed by atoms with van der Waals surface area (Å²) in [4.78, 5) is 15.9. The maximum atomic E-state index is 4.44. The van der Waals surface area contributed by atoms with Crippen LogP contribution in [-0.2, 0) is 6.54 Å². The fourth-order valence-electron chi connectivity index (χ4n) is 2.00. The molecule has 0 radical (unpaired) electrons. The van der Waals surface area contributed by atoms with E-state index in [4.69, 9.17) is 0 Å². The Labute approximate surface area is 116 Å². The lowest BCUT2D eigenvalue weighted by molar-refractivity contribution is 0.931. The van der Waals surface area contributed by atoms with Gasteiger partial charge in [-0.3, -0.25) is 4.57 Å². The number of rotatable bonds is 4. The molecule has 3 aromatic rings. The van der Waals surface area contributed by atoms with E-state index in [1.165, 1.54) is 0 Å². The molecular weight excluding hydrogens is 252 g/mol. The number of hydrogen-bond acceptors (Lipinski definition) is 4. The fourth-order valence-corrected chi connectivity index (χ4v) is 2.00. The summed E-state index contributed by atoms with van der Waals surface area (Å²) < 4.78 is 1.95. The molecule has 0 aliphatic rings. The molecule has 0 unspecified atom stereocenters. The molecule has 0 aliphatic heterocycles. The van der Waals surface area contributed by atoms with Crippen molar-refractivity contribution in [3.8, 4) is 5.82 Å². The van der Waals surface area contributed by atoms with Crippen molar-refractivity contribution in [1.29, 1.82) is 0 Å². The third-order valence-corrected chi connectivity index (χ3v) is 3.21. The SMILES string of the molecule is Cc1[nH]cnc1CNc1ccc(-n2ccnc2C)nc1. The lowest BCUT2D eigenvalue weighted by Crippen LogP contribution is -2.03. The molecule has 3 heterocycles. The molecule has 0 aromatic carbocycles. The second-order valence-electron chi connectivity index (χ2n) is 4.58. The predicted octanol–water partition coefficient (Wildman–Crippen LogP) is 2.22. The number of aryl methyl sites for hydroxylation is 2. The second kappa shape index (κ2) is 5.16. The zero-order chi connectivity index (χ0) is 13.9. The number of aromatic nitrogens is 5. The van der Waals surface area contributed by atoms with E-state index in [-0.39, 0.29) is 0 Å². The predicted molar refractivity (Wildman–Crippen MR) is 76.7 cm³/mol. The number of pyridine rings is 1. The van der Waals surface area contributed by atoms with Gasteiger partial charge in [0.2, 0.25) is 0 Å². The van der Waals surface area contributed by atoms with E-state index in [2.05, 4.69) is 25.3 Å². The third kappa shape index (κ3) is 2.40. The van der Waals surface area contributed by atoms with Crippen LogP contribution in [0.25, 0.3) is 5.82 Å². The monoisotopic (exact) mass is 268 g/mol. The Bertz CT molecular complexity index is 695. The van der Waals surface area contributed by atoms with Gasteiger partial charge in [0.15, 0.2) is 0 Å².